The Morgan fingerprint density at radius 2 is 1.65 bits per heavy atom. The van der Waals surface area contributed by atoms with Crippen molar-refractivity contribution in [3.8, 4) is 0 Å². The van der Waals surface area contributed by atoms with Crippen LogP contribution in [0.5, 0.6) is 0 Å². The maximum absolute atomic E-state index is 12.1. The van der Waals surface area contributed by atoms with E-state index in [-0.39, 0.29) is 23.5 Å². The summed E-state index contributed by atoms with van der Waals surface area (Å²) in [7, 11) is -2.22. The first-order valence-electron chi connectivity index (χ1n) is 9.34. The zero-order valence-corrected chi connectivity index (χ0v) is 18.7. The van der Waals surface area contributed by atoms with Gasteiger partial charge >= 0.3 is 5.97 Å². The van der Waals surface area contributed by atoms with Crippen molar-refractivity contribution in [2.75, 3.05) is 6.23 Å². The van der Waals surface area contributed by atoms with Crippen LogP contribution in [0.15, 0.2) is 30.3 Å². The fourth-order valence-corrected chi connectivity index (χ4v) is 4.79. The monoisotopic (exact) mass is 380 g/mol. The van der Waals surface area contributed by atoms with Crippen LogP contribution in [-0.2, 0) is 25.3 Å². The maximum Gasteiger partial charge on any atom is 0.308 e. The van der Waals surface area contributed by atoms with E-state index in [4.69, 9.17) is 13.9 Å². The van der Waals surface area contributed by atoms with Gasteiger partial charge in [-0.15, -0.1) is 0 Å². The van der Waals surface area contributed by atoms with Crippen LogP contribution in [0.4, 0.5) is 0 Å². The van der Waals surface area contributed by atoms with Crippen molar-refractivity contribution < 1.29 is 18.7 Å². The number of ether oxygens (including phenoxy) is 2. The maximum atomic E-state index is 12.1. The lowest BCUT2D eigenvalue weighted by atomic mass is 10.2. The van der Waals surface area contributed by atoms with Crippen LogP contribution in [0, 0.1) is 0 Å². The van der Waals surface area contributed by atoms with Crippen LogP contribution in [0.3, 0.4) is 0 Å². The Morgan fingerprint density at radius 1 is 1.08 bits per heavy atom. The van der Waals surface area contributed by atoms with Crippen molar-refractivity contribution in [1.82, 2.24) is 0 Å². The molecule has 0 aliphatic heterocycles. The summed E-state index contributed by atoms with van der Waals surface area (Å²) in [5.41, 5.74) is 0.681. The number of rotatable bonds is 8. The standard InChI is InChI=1S/C21H36O4Si/c1-17(14-19(22)24-20(2,3)4)25-26(8,21(5,6)7)16-23-15-18-12-10-9-11-13-18/h9-13,17H,14-16H2,1-8H3. The molecule has 0 aromatic heterocycles. The van der Waals surface area contributed by atoms with E-state index in [9.17, 15) is 4.79 Å². The fraction of sp³-hybridized carbons (Fsp3) is 0.667. The number of carbonyl (C=O) groups is 1. The molecular weight excluding hydrogens is 344 g/mol. The van der Waals surface area contributed by atoms with Gasteiger partial charge in [-0.3, -0.25) is 4.79 Å². The van der Waals surface area contributed by atoms with Gasteiger partial charge in [0.05, 0.1) is 25.4 Å². The predicted octanol–water partition coefficient (Wildman–Crippen LogP) is 5.25. The Balaban J connectivity index is 2.65. The van der Waals surface area contributed by atoms with Gasteiger partial charge in [0.2, 0.25) is 8.32 Å². The van der Waals surface area contributed by atoms with E-state index in [1.54, 1.807) is 0 Å². The van der Waals surface area contributed by atoms with Gasteiger partial charge in [0.25, 0.3) is 0 Å². The number of hydrogen-bond acceptors (Lipinski definition) is 4. The zero-order valence-electron chi connectivity index (χ0n) is 17.7. The van der Waals surface area contributed by atoms with E-state index in [2.05, 4.69) is 39.5 Å². The second-order valence-corrected chi connectivity index (χ2v) is 13.7. The van der Waals surface area contributed by atoms with E-state index in [1.165, 1.54) is 0 Å². The van der Waals surface area contributed by atoms with Gasteiger partial charge in [-0.1, -0.05) is 51.1 Å². The third-order valence-corrected chi connectivity index (χ3v) is 9.26. The minimum absolute atomic E-state index is 0.00806. The summed E-state index contributed by atoms with van der Waals surface area (Å²) >= 11 is 0. The molecule has 26 heavy (non-hydrogen) atoms. The molecule has 5 heteroatoms. The number of carbonyl (C=O) groups excluding carboxylic acids is 1. The van der Waals surface area contributed by atoms with Crippen LogP contribution in [0.2, 0.25) is 11.6 Å². The van der Waals surface area contributed by atoms with Crippen molar-refractivity contribution in [3.05, 3.63) is 35.9 Å². The van der Waals surface area contributed by atoms with Gasteiger partial charge in [-0.25, -0.2) is 0 Å². The molecule has 0 bridgehead atoms. The summed E-state index contributed by atoms with van der Waals surface area (Å²) in [4.78, 5) is 12.1. The number of esters is 1. The first-order chi connectivity index (χ1) is 11.8. The first kappa shape index (κ1) is 22.9. The lowest BCUT2D eigenvalue weighted by Crippen LogP contribution is -2.51. The highest BCUT2D eigenvalue weighted by molar-refractivity contribution is 6.75. The van der Waals surface area contributed by atoms with Gasteiger partial charge < -0.3 is 13.9 Å². The summed E-state index contributed by atoms with van der Waals surface area (Å²) in [5.74, 6) is -0.222. The summed E-state index contributed by atoms with van der Waals surface area (Å²) in [6.45, 7) is 16.9. The van der Waals surface area contributed by atoms with Crippen LogP contribution >= 0.6 is 0 Å². The first-order valence-corrected chi connectivity index (χ1v) is 12.0. The number of benzene rings is 1. The van der Waals surface area contributed by atoms with Crippen LogP contribution < -0.4 is 0 Å². The summed E-state index contributed by atoms with van der Waals surface area (Å²) in [5, 5.41) is -0.00806. The smallest absolute Gasteiger partial charge is 0.308 e. The molecule has 2 unspecified atom stereocenters. The minimum atomic E-state index is -2.22. The van der Waals surface area contributed by atoms with Crippen molar-refractivity contribution in [1.29, 1.82) is 0 Å². The van der Waals surface area contributed by atoms with Crippen molar-refractivity contribution in [3.63, 3.8) is 0 Å². The summed E-state index contributed by atoms with van der Waals surface area (Å²) < 4.78 is 17.9. The van der Waals surface area contributed by atoms with Gasteiger partial charge in [-0.2, -0.15) is 0 Å². The Labute approximate surface area is 160 Å². The van der Waals surface area contributed by atoms with E-state index >= 15 is 0 Å². The predicted molar refractivity (Wildman–Crippen MR) is 108 cm³/mol. The minimum Gasteiger partial charge on any atom is -0.460 e. The van der Waals surface area contributed by atoms with E-state index in [0.29, 0.717) is 12.8 Å². The Kier molecular flexibility index (Phi) is 8.05. The number of hydrogen-bond donors (Lipinski definition) is 0. The molecule has 0 amide bonds. The van der Waals surface area contributed by atoms with Crippen molar-refractivity contribution >= 4 is 14.3 Å². The second kappa shape index (κ2) is 9.15. The molecule has 0 aliphatic carbocycles. The van der Waals surface area contributed by atoms with Crippen LogP contribution in [0.1, 0.15) is 60.5 Å². The Hall–Kier alpha value is -1.17. The fourth-order valence-electron chi connectivity index (χ4n) is 2.47. The second-order valence-electron chi connectivity index (χ2n) is 9.18. The third kappa shape index (κ3) is 8.02. The average molecular weight is 381 g/mol. The third-order valence-electron chi connectivity index (χ3n) is 4.41. The van der Waals surface area contributed by atoms with Crippen molar-refractivity contribution in [2.24, 2.45) is 0 Å². The van der Waals surface area contributed by atoms with Crippen LogP contribution in [0.25, 0.3) is 0 Å². The molecule has 4 nitrogen and oxygen atoms in total. The molecule has 0 aliphatic rings. The highest BCUT2D eigenvalue weighted by atomic mass is 28.4. The summed E-state index contributed by atoms with van der Waals surface area (Å²) in [6, 6.07) is 10.1. The Morgan fingerprint density at radius 3 is 2.15 bits per heavy atom. The van der Waals surface area contributed by atoms with Crippen molar-refractivity contribution in [2.45, 2.75) is 84.8 Å². The zero-order chi connectivity index (χ0) is 20.0. The van der Waals surface area contributed by atoms with Gasteiger partial charge in [-0.05, 0) is 44.8 Å². The summed E-state index contributed by atoms with van der Waals surface area (Å²) in [6.07, 6.45) is 0.652. The lowest BCUT2D eigenvalue weighted by Gasteiger charge is -2.41. The molecule has 0 N–H and O–H groups in total. The molecule has 1 aromatic carbocycles. The molecule has 148 valence electrons. The molecule has 0 radical (unpaired) electrons. The molecule has 0 spiro atoms. The van der Waals surface area contributed by atoms with Gasteiger partial charge in [0, 0.05) is 0 Å². The highest BCUT2D eigenvalue weighted by Gasteiger charge is 2.44. The molecule has 1 aromatic rings. The molecule has 2 atom stereocenters. The van der Waals surface area contributed by atoms with Gasteiger partial charge in [0.15, 0.2) is 0 Å². The molecule has 0 saturated carbocycles. The SMILES string of the molecule is CC(CC(=O)OC(C)(C)C)O[Si](C)(COCc1ccccc1)C(C)(C)C. The van der Waals surface area contributed by atoms with E-state index in [1.807, 2.05) is 45.9 Å². The average Bonchev–Trinajstić information content (AvgIpc) is 2.44. The lowest BCUT2D eigenvalue weighted by molar-refractivity contribution is -0.156. The van der Waals surface area contributed by atoms with Crippen LogP contribution in [-0.4, -0.2) is 32.2 Å². The van der Waals surface area contributed by atoms with E-state index in [0.717, 1.165) is 5.56 Å². The molecule has 1 rings (SSSR count). The largest absolute Gasteiger partial charge is 0.460 e. The normalized spacial score (nSPS) is 16.0. The van der Waals surface area contributed by atoms with E-state index < -0.39 is 13.9 Å². The highest BCUT2D eigenvalue weighted by Crippen LogP contribution is 2.38. The van der Waals surface area contributed by atoms with Gasteiger partial charge in [0.1, 0.15) is 5.60 Å². The molecule has 0 saturated heterocycles. The molecular formula is C21H36O4Si. The Bertz CT molecular complexity index is 560. The molecule has 0 heterocycles. The quantitative estimate of drug-likeness (QED) is 0.456. The topological polar surface area (TPSA) is 44.8 Å². The molecule has 0 fully saturated rings.